The summed E-state index contributed by atoms with van der Waals surface area (Å²) in [5, 5.41) is 0. The monoisotopic (exact) mass is 438 g/mol. The molecule has 4 rings (SSSR count). The van der Waals surface area contributed by atoms with Crippen LogP contribution in [0, 0.1) is 5.92 Å². The Hall–Kier alpha value is -3.02. The fourth-order valence-corrected chi connectivity index (χ4v) is 4.93. The van der Waals surface area contributed by atoms with Crippen LogP contribution in [0.3, 0.4) is 0 Å². The fraction of sp³-hybridized carbons (Fsp3) is 0.462. The van der Waals surface area contributed by atoms with Gasteiger partial charge in [0.15, 0.2) is 17.3 Å². The highest BCUT2D eigenvalue weighted by Gasteiger charge is 2.44. The standard InChI is InChI=1S/C26H30O6/c1-3-30-25(28)19-11-13-26(14-12-19,17-21(27)18-7-5-4-6-8-18)20-9-10-22(29-2)24-23(20)31-15-16-32-24/h4-10,19H,3,11-17H2,1-2H3. The maximum atomic E-state index is 13.3. The van der Waals surface area contributed by atoms with Crippen LogP contribution in [0.15, 0.2) is 42.5 Å². The van der Waals surface area contributed by atoms with Crippen molar-refractivity contribution in [2.24, 2.45) is 5.92 Å². The highest BCUT2D eigenvalue weighted by atomic mass is 16.6. The van der Waals surface area contributed by atoms with Crippen molar-refractivity contribution >= 4 is 11.8 Å². The zero-order valence-corrected chi connectivity index (χ0v) is 18.7. The van der Waals surface area contributed by atoms with Crippen molar-refractivity contribution in [2.75, 3.05) is 26.9 Å². The van der Waals surface area contributed by atoms with Gasteiger partial charge >= 0.3 is 5.97 Å². The Morgan fingerprint density at radius 1 is 1.00 bits per heavy atom. The summed E-state index contributed by atoms with van der Waals surface area (Å²) in [4.78, 5) is 25.7. The number of hydrogen-bond donors (Lipinski definition) is 0. The second kappa shape index (κ2) is 9.63. The molecule has 2 aliphatic rings. The van der Waals surface area contributed by atoms with Crippen LogP contribution in [0.2, 0.25) is 0 Å². The summed E-state index contributed by atoms with van der Waals surface area (Å²) in [5.74, 6) is 1.67. The predicted octanol–water partition coefficient (Wildman–Crippen LogP) is 4.73. The molecule has 6 nitrogen and oxygen atoms in total. The Labute approximate surface area is 188 Å². The first kappa shape index (κ1) is 22.2. The van der Waals surface area contributed by atoms with E-state index in [0.717, 1.165) is 5.56 Å². The average Bonchev–Trinajstić information content (AvgIpc) is 2.84. The number of Topliss-reactive ketones (excluding diaryl/α,β-unsaturated/α-hetero) is 1. The van der Waals surface area contributed by atoms with Crippen molar-refractivity contribution in [3.63, 3.8) is 0 Å². The lowest BCUT2D eigenvalue weighted by Crippen LogP contribution is -2.37. The van der Waals surface area contributed by atoms with Gasteiger partial charge in [0.2, 0.25) is 5.75 Å². The van der Waals surface area contributed by atoms with Gasteiger partial charge in [-0.3, -0.25) is 9.59 Å². The minimum Gasteiger partial charge on any atom is -0.493 e. The number of ketones is 1. The number of benzene rings is 2. The highest BCUT2D eigenvalue weighted by molar-refractivity contribution is 5.97. The Bertz CT molecular complexity index is 960. The van der Waals surface area contributed by atoms with Gasteiger partial charge in [-0.2, -0.15) is 0 Å². The topological polar surface area (TPSA) is 71.1 Å². The van der Waals surface area contributed by atoms with E-state index in [1.54, 1.807) is 7.11 Å². The molecule has 0 aromatic heterocycles. The molecule has 32 heavy (non-hydrogen) atoms. The van der Waals surface area contributed by atoms with Gasteiger partial charge in [0.1, 0.15) is 13.2 Å². The molecule has 1 saturated carbocycles. The van der Waals surface area contributed by atoms with Crippen molar-refractivity contribution in [1.29, 1.82) is 0 Å². The third kappa shape index (κ3) is 4.31. The highest BCUT2D eigenvalue weighted by Crippen LogP contribution is 2.53. The summed E-state index contributed by atoms with van der Waals surface area (Å²) in [7, 11) is 1.60. The maximum absolute atomic E-state index is 13.3. The molecule has 0 saturated heterocycles. The van der Waals surface area contributed by atoms with Gasteiger partial charge in [-0.25, -0.2) is 0 Å². The smallest absolute Gasteiger partial charge is 0.308 e. The fourth-order valence-electron chi connectivity index (χ4n) is 4.93. The second-order valence-electron chi connectivity index (χ2n) is 8.44. The van der Waals surface area contributed by atoms with E-state index in [0.29, 0.717) is 74.7 Å². The minimum absolute atomic E-state index is 0.0847. The second-order valence-corrected chi connectivity index (χ2v) is 8.44. The summed E-state index contributed by atoms with van der Waals surface area (Å²) in [6.07, 6.45) is 3.06. The quantitative estimate of drug-likeness (QED) is 0.460. The number of fused-ring (bicyclic) bond motifs is 1. The number of methoxy groups -OCH3 is 1. The van der Waals surface area contributed by atoms with Gasteiger partial charge in [0.25, 0.3) is 0 Å². The van der Waals surface area contributed by atoms with Crippen molar-refractivity contribution in [2.45, 2.75) is 44.4 Å². The van der Waals surface area contributed by atoms with Crippen LogP contribution in [0.5, 0.6) is 17.2 Å². The Kier molecular flexibility index (Phi) is 6.68. The third-order valence-electron chi connectivity index (χ3n) is 6.60. The van der Waals surface area contributed by atoms with E-state index in [2.05, 4.69) is 0 Å². The van der Waals surface area contributed by atoms with E-state index in [1.807, 2.05) is 49.4 Å². The molecular formula is C26H30O6. The molecule has 0 amide bonds. The summed E-state index contributed by atoms with van der Waals surface area (Å²) >= 11 is 0. The molecule has 0 radical (unpaired) electrons. The molecule has 1 aliphatic carbocycles. The maximum Gasteiger partial charge on any atom is 0.308 e. The van der Waals surface area contributed by atoms with Gasteiger partial charge in [-0.05, 0) is 38.7 Å². The van der Waals surface area contributed by atoms with E-state index in [1.165, 1.54) is 0 Å². The number of rotatable bonds is 7. The molecule has 1 fully saturated rings. The van der Waals surface area contributed by atoms with Crippen LogP contribution >= 0.6 is 0 Å². The van der Waals surface area contributed by atoms with Gasteiger partial charge in [-0.15, -0.1) is 0 Å². The summed E-state index contributed by atoms with van der Waals surface area (Å²) in [6.45, 7) is 3.10. The van der Waals surface area contributed by atoms with Crippen LogP contribution in [0.25, 0.3) is 0 Å². The van der Waals surface area contributed by atoms with Crippen LogP contribution in [0.1, 0.15) is 54.9 Å². The molecular weight excluding hydrogens is 408 g/mol. The van der Waals surface area contributed by atoms with Crippen LogP contribution < -0.4 is 14.2 Å². The van der Waals surface area contributed by atoms with E-state index in [9.17, 15) is 9.59 Å². The van der Waals surface area contributed by atoms with Crippen molar-refractivity contribution in [3.05, 3.63) is 53.6 Å². The van der Waals surface area contributed by atoms with E-state index >= 15 is 0 Å². The van der Waals surface area contributed by atoms with Crippen LogP contribution in [-0.2, 0) is 14.9 Å². The molecule has 0 unspecified atom stereocenters. The first-order chi connectivity index (χ1) is 15.6. The van der Waals surface area contributed by atoms with Crippen molar-refractivity contribution < 1.29 is 28.5 Å². The molecule has 170 valence electrons. The summed E-state index contributed by atoms with van der Waals surface area (Å²) in [6, 6.07) is 13.2. The summed E-state index contributed by atoms with van der Waals surface area (Å²) in [5.41, 5.74) is 1.20. The van der Waals surface area contributed by atoms with Gasteiger partial charge < -0.3 is 18.9 Å². The lowest BCUT2D eigenvalue weighted by atomic mass is 9.63. The summed E-state index contributed by atoms with van der Waals surface area (Å²) < 4.78 is 22.7. The van der Waals surface area contributed by atoms with Crippen molar-refractivity contribution in [1.82, 2.24) is 0 Å². The zero-order valence-electron chi connectivity index (χ0n) is 18.7. The Morgan fingerprint density at radius 3 is 2.34 bits per heavy atom. The predicted molar refractivity (Wildman–Crippen MR) is 120 cm³/mol. The van der Waals surface area contributed by atoms with E-state index in [4.69, 9.17) is 18.9 Å². The molecule has 0 spiro atoms. The van der Waals surface area contributed by atoms with E-state index < -0.39 is 5.41 Å². The van der Waals surface area contributed by atoms with Gasteiger partial charge in [-0.1, -0.05) is 36.4 Å². The molecule has 1 heterocycles. The number of hydrogen-bond acceptors (Lipinski definition) is 6. The number of esters is 1. The number of carbonyl (C=O) groups is 2. The van der Waals surface area contributed by atoms with Gasteiger partial charge in [0, 0.05) is 23.0 Å². The lowest BCUT2D eigenvalue weighted by Gasteiger charge is -2.41. The van der Waals surface area contributed by atoms with Gasteiger partial charge in [0.05, 0.1) is 19.6 Å². The SMILES string of the molecule is CCOC(=O)C1CCC(CC(=O)c2ccccc2)(c2ccc(OC)c3c2OCCO3)CC1. The number of carbonyl (C=O) groups excluding carboxylic acids is 2. The molecule has 0 atom stereocenters. The normalized spacial score (nSPS) is 22.1. The Balaban J connectivity index is 1.71. The first-order valence-electron chi connectivity index (χ1n) is 11.3. The van der Waals surface area contributed by atoms with Crippen LogP contribution in [-0.4, -0.2) is 38.7 Å². The molecule has 0 N–H and O–H groups in total. The third-order valence-corrected chi connectivity index (χ3v) is 6.60. The van der Waals surface area contributed by atoms with E-state index in [-0.39, 0.29) is 17.7 Å². The average molecular weight is 439 g/mol. The lowest BCUT2D eigenvalue weighted by molar-refractivity contribution is -0.149. The Morgan fingerprint density at radius 2 is 1.69 bits per heavy atom. The molecule has 0 bridgehead atoms. The number of ether oxygens (including phenoxy) is 4. The molecule has 6 heteroatoms. The molecule has 1 aliphatic heterocycles. The molecule has 2 aromatic carbocycles. The first-order valence-corrected chi connectivity index (χ1v) is 11.3. The van der Waals surface area contributed by atoms with Crippen LogP contribution in [0.4, 0.5) is 0 Å². The molecule has 2 aromatic rings. The largest absolute Gasteiger partial charge is 0.493 e. The van der Waals surface area contributed by atoms with Crippen molar-refractivity contribution in [3.8, 4) is 17.2 Å². The minimum atomic E-state index is -0.451. The zero-order chi connectivity index (χ0) is 22.6.